The van der Waals surface area contributed by atoms with Gasteiger partial charge in [-0.3, -0.25) is 0 Å². The lowest BCUT2D eigenvalue weighted by Crippen LogP contribution is -2.36. The van der Waals surface area contributed by atoms with E-state index in [0.717, 1.165) is 32.0 Å². The molecule has 2 rings (SSSR count). The van der Waals surface area contributed by atoms with Crippen LogP contribution in [0.1, 0.15) is 37.8 Å². The lowest BCUT2D eigenvalue weighted by atomic mass is 10.1. The van der Waals surface area contributed by atoms with Crippen molar-refractivity contribution in [3.05, 3.63) is 35.4 Å². The van der Waals surface area contributed by atoms with Crippen LogP contribution in [0.2, 0.25) is 0 Å². The van der Waals surface area contributed by atoms with Gasteiger partial charge in [0.2, 0.25) is 0 Å². The molecular formula is C16H24F2N2. The number of hydrogen-bond acceptors (Lipinski definition) is 2. The van der Waals surface area contributed by atoms with Crippen LogP contribution in [0.4, 0.5) is 8.78 Å². The van der Waals surface area contributed by atoms with Gasteiger partial charge in [0.25, 0.3) is 0 Å². The molecule has 0 radical (unpaired) electrons. The quantitative estimate of drug-likeness (QED) is 0.786. The third-order valence-electron chi connectivity index (χ3n) is 3.90. The molecule has 1 atom stereocenters. The van der Waals surface area contributed by atoms with Gasteiger partial charge in [-0.05, 0) is 44.8 Å². The molecule has 1 N–H and O–H groups in total. The van der Waals surface area contributed by atoms with E-state index in [2.05, 4.69) is 17.1 Å². The van der Waals surface area contributed by atoms with Crippen LogP contribution in [0.5, 0.6) is 0 Å². The van der Waals surface area contributed by atoms with E-state index in [1.807, 2.05) is 0 Å². The number of likely N-dealkylation sites (N-methyl/N-ethyl adjacent to an activating group) is 1. The van der Waals surface area contributed by atoms with E-state index >= 15 is 0 Å². The van der Waals surface area contributed by atoms with Gasteiger partial charge in [0.15, 0.2) is 11.6 Å². The molecule has 1 aromatic carbocycles. The zero-order valence-electron chi connectivity index (χ0n) is 12.3. The fourth-order valence-corrected chi connectivity index (χ4v) is 2.63. The summed E-state index contributed by atoms with van der Waals surface area (Å²) < 4.78 is 27.3. The van der Waals surface area contributed by atoms with Gasteiger partial charge in [0.05, 0.1) is 0 Å². The lowest BCUT2D eigenvalue weighted by Gasteiger charge is -2.27. The normalized spacial score (nSPS) is 16.6. The second-order valence-corrected chi connectivity index (χ2v) is 5.69. The highest BCUT2D eigenvalue weighted by Crippen LogP contribution is 2.30. The largest absolute Gasteiger partial charge is 0.312 e. The van der Waals surface area contributed by atoms with Gasteiger partial charge >= 0.3 is 0 Å². The summed E-state index contributed by atoms with van der Waals surface area (Å²) in [5, 5.41) is 3.12. The smallest absolute Gasteiger partial charge is 0.163 e. The molecule has 1 unspecified atom stereocenters. The van der Waals surface area contributed by atoms with Crippen molar-refractivity contribution >= 4 is 0 Å². The number of nitrogens with one attached hydrogen (secondary N) is 1. The fraction of sp³-hybridized carbons (Fsp3) is 0.625. The highest BCUT2D eigenvalue weighted by molar-refractivity contribution is 5.23. The summed E-state index contributed by atoms with van der Waals surface area (Å²) in [6.45, 7) is 4.95. The zero-order chi connectivity index (χ0) is 14.5. The summed E-state index contributed by atoms with van der Waals surface area (Å²) in [5.74, 6) is -0.696. The van der Waals surface area contributed by atoms with E-state index in [-0.39, 0.29) is 6.04 Å². The van der Waals surface area contributed by atoms with Crippen molar-refractivity contribution in [1.29, 1.82) is 0 Å². The van der Waals surface area contributed by atoms with Gasteiger partial charge in [-0.25, -0.2) is 8.78 Å². The summed E-state index contributed by atoms with van der Waals surface area (Å²) in [6, 6.07) is 4.24. The molecule has 1 fully saturated rings. The van der Waals surface area contributed by atoms with Crippen LogP contribution < -0.4 is 5.32 Å². The first-order chi connectivity index (χ1) is 9.65. The molecule has 0 amide bonds. The van der Waals surface area contributed by atoms with Crippen LogP contribution in [0.15, 0.2) is 18.2 Å². The minimum absolute atomic E-state index is 0.170. The minimum atomic E-state index is -0.771. The van der Waals surface area contributed by atoms with Crippen molar-refractivity contribution in [2.45, 2.75) is 32.2 Å². The summed E-state index contributed by atoms with van der Waals surface area (Å²) in [7, 11) is 1.80. The Bertz CT molecular complexity index is 432. The van der Waals surface area contributed by atoms with E-state index in [9.17, 15) is 8.78 Å². The molecule has 1 aliphatic carbocycles. The molecule has 20 heavy (non-hydrogen) atoms. The van der Waals surface area contributed by atoms with Crippen LogP contribution in [-0.2, 0) is 0 Å². The standard InChI is InChI=1S/C16H24F2N2/c1-3-9-20(10-12-7-8-12)11-15(19-2)13-5-4-6-14(17)16(13)18/h4-6,12,15,19H,3,7-11H2,1-2H3. The van der Waals surface area contributed by atoms with E-state index in [1.165, 1.54) is 18.9 Å². The minimum Gasteiger partial charge on any atom is -0.312 e. The highest BCUT2D eigenvalue weighted by atomic mass is 19.2. The first-order valence-corrected chi connectivity index (χ1v) is 7.49. The van der Waals surface area contributed by atoms with Crippen LogP contribution >= 0.6 is 0 Å². The number of benzene rings is 1. The Balaban J connectivity index is 2.07. The maximum atomic E-state index is 13.9. The Morgan fingerprint density at radius 1 is 1.35 bits per heavy atom. The SMILES string of the molecule is CCCN(CC1CC1)CC(NC)c1cccc(F)c1F. The van der Waals surface area contributed by atoms with Gasteiger partial charge in [0, 0.05) is 24.7 Å². The summed E-state index contributed by atoms with van der Waals surface area (Å²) in [5.41, 5.74) is 0.421. The Hall–Kier alpha value is -1.00. The second-order valence-electron chi connectivity index (χ2n) is 5.69. The second kappa shape index (κ2) is 7.14. The Morgan fingerprint density at radius 2 is 2.10 bits per heavy atom. The molecule has 0 saturated heterocycles. The third-order valence-corrected chi connectivity index (χ3v) is 3.90. The summed E-state index contributed by atoms with van der Waals surface area (Å²) in [4.78, 5) is 2.36. The van der Waals surface area contributed by atoms with Crippen molar-refractivity contribution in [1.82, 2.24) is 10.2 Å². The Kier molecular flexibility index (Phi) is 5.49. The monoisotopic (exact) mass is 282 g/mol. The predicted octanol–water partition coefficient (Wildman–Crippen LogP) is 3.35. The van der Waals surface area contributed by atoms with Crippen molar-refractivity contribution < 1.29 is 8.78 Å². The van der Waals surface area contributed by atoms with E-state index in [1.54, 1.807) is 19.2 Å². The maximum absolute atomic E-state index is 13.9. The Labute approximate surface area is 120 Å². The molecule has 2 nitrogen and oxygen atoms in total. The molecule has 0 bridgehead atoms. The van der Waals surface area contributed by atoms with E-state index in [0.29, 0.717) is 5.56 Å². The molecule has 4 heteroatoms. The van der Waals surface area contributed by atoms with Crippen molar-refractivity contribution in [2.75, 3.05) is 26.7 Å². The molecule has 0 aliphatic heterocycles. The average molecular weight is 282 g/mol. The molecule has 112 valence electrons. The zero-order valence-corrected chi connectivity index (χ0v) is 12.3. The van der Waals surface area contributed by atoms with Gasteiger partial charge in [0.1, 0.15) is 0 Å². The van der Waals surface area contributed by atoms with Gasteiger partial charge in [-0.1, -0.05) is 19.1 Å². The topological polar surface area (TPSA) is 15.3 Å². The summed E-state index contributed by atoms with van der Waals surface area (Å²) >= 11 is 0. The first-order valence-electron chi connectivity index (χ1n) is 7.49. The third kappa shape index (κ3) is 4.00. The fourth-order valence-electron chi connectivity index (χ4n) is 2.63. The van der Waals surface area contributed by atoms with Gasteiger partial charge < -0.3 is 10.2 Å². The molecule has 0 aromatic heterocycles. The van der Waals surface area contributed by atoms with Gasteiger partial charge in [-0.2, -0.15) is 0 Å². The maximum Gasteiger partial charge on any atom is 0.163 e. The van der Waals surface area contributed by atoms with Crippen LogP contribution in [-0.4, -0.2) is 31.6 Å². The number of halogens is 2. The average Bonchev–Trinajstić information content (AvgIpc) is 3.23. The molecule has 1 aliphatic rings. The van der Waals surface area contributed by atoms with E-state index in [4.69, 9.17) is 0 Å². The number of nitrogens with zero attached hydrogens (tertiary/aromatic N) is 1. The molecular weight excluding hydrogens is 258 g/mol. The van der Waals surface area contributed by atoms with Crippen LogP contribution in [0, 0.1) is 17.6 Å². The van der Waals surface area contributed by atoms with Crippen LogP contribution in [0.3, 0.4) is 0 Å². The van der Waals surface area contributed by atoms with Crippen molar-refractivity contribution in [2.24, 2.45) is 5.92 Å². The van der Waals surface area contributed by atoms with Crippen LogP contribution in [0.25, 0.3) is 0 Å². The first kappa shape index (κ1) is 15.4. The highest BCUT2D eigenvalue weighted by Gasteiger charge is 2.26. The van der Waals surface area contributed by atoms with Crippen molar-refractivity contribution in [3.8, 4) is 0 Å². The predicted molar refractivity (Wildman–Crippen MR) is 77.6 cm³/mol. The van der Waals surface area contributed by atoms with Gasteiger partial charge in [-0.15, -0.1) is 0 Å². The number of rotatable bonds is 8. The van der Waals surface area contributed by atoms with Crippen molar-refractivity contribution in [3.63, 3.8) is 0 Å². The summed E-state index contributed by atoms with van der Waals surface area (Å²) in [6.07, 6.45) is 3.69. The molecule has 0 spiro atoms. The van der Waals surface area contributed by atoms with E-state index < -0.39 is 11.6 Å². The Morgan fingerprint density at radius 3 is 2.70 bits per heavy atom. The number of hydrogen-bond donors (Lipinski definition) is 1. The molecule has 1 saturated carbocycles. The molecule has 0 heterocycles. The molecule has 1 aromatic rings. The lowest BCUT2D eigenvalue weighted by molar-refractivity contribution is 0.235.